The van der Waals surface area contributed by atoms with Crippen molar-refractivity contribution in [3.63, 3.8) is 0 Å². The highest BCUT2D eigenvalue weighted by atomic mass is 32.1. The molecule has 0 radical (unpaired) electrons. The third kappa shape index (κ3) is 7.39. The zero-order valence-corrected chi connectivity index (χ0v) is 27.2. The van der Waals surface area contributed by atoms with Gasteiger partial charge in [-0.15, -0.1) is 22.7 Å². The number of rotatable bonds is 16. The van der Waals surface area contributed by atoms with Gasteiger partial charge in [0, 0.05) is 51.1 Å². The van der Waals surface area contributed by atoms with Gasteiger partial charge in [0.25, 0.3) is 0 Å². The van der Waals surface area contributed by atoms with Gasteiger partial charge in [-0.25, -0.2) is 8.78 Å². The monoisotopic (exact) mass is 678 g/mol. The molecule has 10 nitrogen and oxygen atoms in total. The Morgan fingerprint density at radius 2 is 1.07 bits per heavy atom. The average molecular weight is 679 g/mol. The van der Waals surface area contributed by atoms with Crippen LogP contribution >= 0.6 is 22.7 Å². The van der Waals surface area contributed by atoms with E-state index in [4.69, 9.17) is 29.2 Å². The number of halogens is 2. The zero-order valence-electron chi connectivity index (χ0n) is 25.6. The van der Waals surface area contributed by atoms with Crippen molar-refractivity contribution in [3.8, 4) is 23.0 Å². The number of hydrogen-bond donors (Lipinski definition) is 2. The summed E-state index contributed by atoms with van der Waals surface area (Å²) >= 11 is 2.05. The highest BCUT2D eigenvalue weighted by Crippen LogP contribution is 2.42. The number of aliphatic carboxylic acids is 2. The van der Waals surface area contributed by atoms with Crippen LogP contribution in [-0.2, 0) is 9.59 Å². The lowest BCUT2D eigenvalue weighted by Crippen LogP contribution is -2.18. The minimum Gasteiger partial charge on any atom is -0.493 e. The van der Waals surface area contributed by atoms with Gasteiger partial charge in [0.15, 0.2) is 46.2 Å². The van der Waals surface area contributed by atoms with Gasteiger partial charge < -0.3 is 29.2 Å². The Kier molecular flexibility index (Phi) is 10.8. The van der Waals surface area contributed by atoms with Gasteiger partial charge in [-0.1, -0.05) is 20.8 Å². The molecule has 0 unspecified atom stereocenters. The largest absolute Gasteiger partial charge is 0.493 e. The van der Waals surface area contributed by atoms with Crippen molar-refractivity contribution < 1.29 is 57.1 Å². The molecule has 14 heteroatoms. The molecule has 2 aromatic heterocycles. The van der Waals surface area contributed by atoms with Crippen LogP contribution in [0.2, 0.25) is 0 Å². The quantitative estimate of drug-likeness (QED) is 0.118. The van der Waals surface area contributed by atoms with Gasteiger partial charge in [0.05, 0.1) is 49.0 Å². The number of carboxylic acid groups (broad SMARTS) is 2. The van der Waals surface area contributed by atoms with Crippen molar-refractivity contribution in [3.05, 3.63) is 45.7 Å². The summed E-state index contributed by atoms with van der Waals surface area (Å²) in [4.78, 5) is 47.9. The van der Waals surface area contributed by atoms with Crippen LogP contribution in [0.5, 0.6) is 23.0 Å². The van der Waals surface area contributed by atoms with Crippen molar-refractivity contribution in [2.75, 3.05) is 27.4 Å². The minimum absolute atomic E-state index is 0.0596. The van der Waals surface area contributed by atoms with Crippen molar-refractivity contribution in [2.24, 2.45) is 17.8 Å². The Bertz CT molecular complexity index is 1680. The molecule has 4 rings (SSSR count). The lowest BCUT2D eigenvalue weighted by Gasteiger charge is -2.18. The van der Waals surface area contributed by atoms with Crippen molar-refractivity contribution in [2.45, 2.75) is 33.6 Å². The lowest BCUT2D eigenvalue weighted by atomic mass is 10.0. The summed E-state index contributed by atoms with van der Waals surface area (Å²) in [5.41, 5.74) is 0. The smallest absolute Gasteiger partial charge is 0.306 e. The summed E-state index contributed by atoms with van der Waals surface area (Å²) in [7, 11) is 2.69. The van der Waals surface area contributed by atoms with E-state index in [0.29, 0.717) is 9.40 Å². The maximum atomic E-state index is 15.6. The molecule has 2 atom stereocenters. The number of carbonyl (C=O) groups is 4. The number of ketones is 2. The molecule has 2 heterocycles. The lowest BCUT2D eigenvalue weighted by molar-refractivity contribution is -0.141. The number of hydrogen-bond acceptors (Lipinski definition) is 10. The predicted octanol–water partition coefficient (Wildman–Crippen LogP) is 7.09. The van der Waals surface area contributed by atoms with Gasteiger partial charge in [-0.3, -0.25) is 19.2 Å². The Balaban J connectivity index is 1.48. The van der Waals surface area contributed by atoms with Crippen LogP contribution in [0.3, 0.4) is 0 Å². The standard InChI is InChI=1S/C32H32F2O10S2/c1-14(12-43-29-21(41-4)10-23-17(27(29)33)8-25(45-23)19(35)6-15(2)31(37)38)13-44-30-22(42-5)11-24-18(28(30)34)9-26(46-24)20(36)7-16(3)32(39)40/h8-11,14-16H,6-7,12-13H2,1-5H3,(H,37,38)(H,39,40)/t15-,16-/m0/s1. The first kappa shape index (κ1) is 34.6. The maximum Gasteiger partial charge on any atom is 0.306 e. The van der Waals surface area contributed by atoms with Gasteiger partial charge >= 0.3 is 11.9 Å². The second-order valence-electron chi connectivity index (χ2n) is 10.9. The average Bonchev–Trinajstić information content (AvgIpc) is 3.65. The molecule has 0 saturated carbocycles. The summed E-state index contributed by atoms with van der Waals surface area (Å²) < 4.78 is 54.3. The van der Waals surface area contributed by atoms with E-state index in [9.17, 15) is 19.2 Å². The van der Waals surface area contributed by atoms with E-state index >= 15 is 8.78 Å². The van der Waals surface area contributed by atoms with Crippen LogP contribution in [0.1, 0.15) is 53.0 Å². The molecular formula is C32H32F2O10S2. The maximum absolute atomic E-state index is 15.6. The number of carbonyl (C=O) groups excluding carboxylic acids is 2. The first-order valence-corrected chi connectivity index (χ1v) is 15.8. The summed E-state index contributed by atoms with van der Waals surface area (Å²) in [6, 6.07) is 5.81. The Morgan fingerprint density at radius 3 is 1.39 bits per heavy atom. The topological polar surface area (TPSA) is 146 Å². The fourth-order valence-corrected chi connectivity index (χ4v) is 6.55. The van der Waals surface area contributed by atoms with Crippen molar-refractivity contribution in [1.82, 2.24) is 0 Å². The van der Waals surface area contributed by atoms with Crippen LogP contribution in [0, 0.1) is 29.4 Å². The Hall–Kier alpha value is -4.30. The van der Waals surface area contributed by atoms with E-state index in [2.05, 4.69) is 0 Å². The molecule has 2 aromatic carbocycles. The van der Waals surface area contributed by atoms with Gasteiger partial charge in [-0.05, 0) is 12.1 Å². The third-order valence-electron chi connectivity index (χ3n) is 7.21. The first-order chi connectivity index (χ1) is 21.7. The summed E-state index contributed by atoms with van der Waals surface area (Å²) in [5.74, 6) is -6.88. The molecule has 0 fully saturated rings. The Morgan fingerprint density at radius 1 is 0.696 bits per heavy atom. The van der Waals surface area contributed by atoms with Crippen molar-refractivity contribution >= 4 is 66.4 Å². The minimum atomic E-state index is -1.10. The first-order valence-electron chi connectivity index (χ1n) is 14.1. The molecule has 0 saturated heterocycles. The number of Topliss-reactive ketones (excluding diaryl/α,β-unsaturated/α-hetero) is 2. The molecule has 4 aromatic rings. The second-order valence-corrected chi connectivity index (χ2v) is 13.1. The molecule has 0 amide bonds. The normalized spacial score (nSPS) is 12.7. The van der Waals surface area contributed by atoms with Gasteiger partial charge in [-0.2, -0.15) is 0 Å². The number of fused-ring (bicyclic) bond motifs is 2. The SMILES string of the molecule is COc1cc2sc(C(=O)C[C@H](C)C(=O)O)cc2c(F)c1OCC(C)COc1c(OC)cc2sc(C(=O)C[C@H](C)C(=O)O)cc2c1F. The molecule has 0 bridgehead atoms. The fraction of sp³-hybridized carbons (Fsp3) is 0.375. The number of benzene rings is 2. The highest BCUT2D eigenvalue weighted by Gasteiger charge is 2.25. The molecule has 0 aliphatic rings. The predicted molar refractivity (Wildman–Crippen MR) is 168 cm³/mol. The number of thiophene rings is 2. The van der Waals surface area contributed by atoms with Crippen LogP contribution in [0.15, 0.2) is 24.3 Å². The van der Waals surface area contributed by atoms with E-state index in [1.165, 1.54) is 52.3 Å². The Labute approximate surface area is 270 Å². The van der Waals surface area contributed by atoms with Gasteiger partial charge in [0.2, 0.25) is 0 Å². The summed E-state index contributed by atoms with van der Waals surface area (Å²) in [5, 5.41) is 18.5. The van der Waals surface area contributed by atoms with E-state index in [1.807, 2.05) is 0 Å². The number of carboxylic acids is 2. The molecule has 246 valence electrons. The molecular weight excluding hydrogens is 646 g/mol. The van der Waals surface area contributed by atoms with E-state index < -0.39 is 52.9 Å². The molecule has 2 N–H and O–H groups in total. The van der Waals surface area contributed by atoms with Crippen LogP contribution in [0.25, 0.3) is 20.2 Å². The van der Waals surface area contributed by atoms with Crippen molar-refractivity contribution in [1.29, 1.82) is 0 Å². The van der Waals surface area contributed by atoms with E-state index in [-0.39, 0.29) is 69.6 Å². The molecule has 0 aliphatic heterocycles. The third-order valence-corrected chi connectivity index (χ3v) is 9.45. The van der Waals surface area contributed by atoms with E-state index in [0.717, 1.165) is 22.7 Å². The molecule has 46 heavy (non-hydrogen) atoms. The second kappa shape index (κ2) is 14.4. The highest BCUT2D eigenvalue weighted by molar-refractivity contribution is 7.21. The summed E-state index contributed by atoms with van der Waals surface area (Å²) in [6.07, 6.45) is -0.449. The van der Waals surface area contributed by atoms with Gasteiger partial charge in [0.1, 0.15) is 0 Å². The number of ether oxygens (including phenoxy) is 4. The fourth-order valence-electron chi connectivity index (χ4n) is 4.48. The van der Waals surface area contributed by atoms with Crippen LogP contribution < -0.4 is 18.9 Å². The number of methoxy groups -OCH3 is 2. The molecule has 0 spiro atoms. The zero-order chi connectivity index (χ0) is 33.9. The van der Waals surface area contributed by atoms with Crippen LogP contribution in [0.4, 0.5) is 8.78 Å². The van der Waals surface area contributed by atoms with Crippen LogP contribution in [-0.4, -0.2) is 61.2 Å². The summed E-state index contributed by atoms with van der Waals surface area (Å²) in [6.45, 7) is 4.46. The molecule has 0 aliphatic carbocycles. The van der Waals surface area contributed by atoms with E-state index in [1.54, 1.807) is 6.92 Å².